The first-order valence-corrected chi connectivity index (χ1v) is 8.40. The van der Waals surface area contributed by atoms with Gasteiger partial charge >= 0.3 is 0 Å². The standard InChI is InChI=1S/C18H19F2N5O/c1-17(2,3)26-16-12(19)7-10(9-21-16)13-5-6-14-22-23-15(25(14)24-13)11-8-18(11,4)20/h5-7,9,11H,8H2,1-4H3. The van der Waals surface area contributed by atoms with Crippen LogP contribution in [-0.2, 0) is 0 Å². The van der Waals surface area contributed by atoms with Crippen LogP contribution in [0.1, 0.15) is 45.9 Å². The van der Waals surface area contributed by atoms with E-state index in [1.807, 2.05) is 20.8 Å². The Kier molecular flexibility index (Phi) is 3.51. The monoisotopic (exact) mass is 359 g/mol. The van der Waals surface area contributed by atoms with Crippen LogP contribution in [0.5, 0.6) is 5.88 Å². The van der Waals surface area contributed by atoms with Gasteiger partial charge in [0.15, 0.2) is 17.3 Å². The summed E-state index contributed by atoms with van der Waals surface area (Å²) in [4.78, 5) is 4.06. The van der Waals surface area contributed by atoms with E-state index in [0.29, 0.717) is 29.1 Å². The average Bonchev–Trinajstić information content (AvgIpc) is 3.00. The summed E-state index contributed by atoms with van der Waals surface area (Å²) in [7, 11) is 0. The van der Waals surface area contributed by atoms with Crippen LogP contribution in [0.3, 0.4) is 0 Å². The highest BCUT2D eigenvalue weighted by Crippen LogP contribution is 2.53. The SMILES string of the molecule is CC(C)(C)Oc1ncc(-c2ccc3nnc(C4CC4(C)F)n3n2)cc1F. The third-order valence-electron chi connectivity index (χ3n) is 4.27. The van der Waals surface area contributed by atoms with E-state index in [2.05, 4.69) is 20.3 Å². The van der Waals surface area contributed by atoms with E-state index in [9.17, 15) is 8.78 Å². The predicted octanol–water partition coefficient (Wildman–Crippen LogP) is 3.72. The third kappa shape index (κ3) is 3.00. The molecule has 1 fully saturated rings. The molecule has 0 N–H and O–H groups in total. The summed E-state index contributed by atoms with van der Waals surface area (Å²) in [5.41, 5.74) is -0.321. The fourth-order valence-electron chi connectivity index (χ4n) is 2.81. The minimum Gasteiger partial charge on any atom is -0.470 e. The zero-order chi connectivity index (χ0) is 18.7. The second kappa shape index (κ2) is 5.43. The molecule has 1 aliphatic carbocycles. The number of hydrogen-bond donors (Lipinski definition) is 0. The third-order valence-corrected chi connectivity index (χ3v) is 4.27. The number of alkyl halides is 1. The molecule has 0 saturated heterocycles. The van der Waals surface area contributed by atoms with Crippen LogP contribution in [0, 0.1) is 5.82 Å². The summed E-state index contributed by atoms with van der Waals surface area (Å²) in [6.07, 6.45) is 1.90. The smallest absolute Gasteiger partial charge is 0.250 e. The van der Waals surface area contributed by atoms with Crippen LogP contribution >= 0.6 is 0 Å². The maximum Gasteiger partial charge on any atom is 0.250 e. The van der Waals surface area contributed by atoms with Crippen molar-refractivity contribution in [1.82, 2.24) is 24.8 Å². The molecule has 0 aromatic carbocycles. The summed E-state index contributed by atoms with van der Waals surface area (Å²) in [6.45, 7) is 7.00. The molecule has 1 aliphatic rings. The quantitative estimate of drug-likeness (QED) is 0.713. The zero-order valence-electron chi connectivity index (χ0n) is 15.0. The van der Waals surface area contributed by atoms with E-state index in [-0.39, 0.29) is 11.8 Å². The molecule has 0 bridgehead atoms. The van der Waals surface area contributed by atoms with Crippen molar-refractivity contribution in [3.8, 4) is 17.1 Å². The molecule has 4 rings (SSSR count). The predicted molar refractivity (Wildman–Crippen MR) is 91.2 cm³/mol. The Morgan fingerprint density at radius 2 is 2.00 bits per heavy atom. The maximum atomic E-state index is 14.3. The Morgan fingerprint density at radius 3 is 2.62 bits per heavy atom. The van der Waals surface area contributed by atoms with Gasteiger partial charge in [-0.15, -0.1) is 10.2 Å². The van der Waals surface area contributed by atoms with Crippen LogP contribution in [-0.4, -0.2) is 36.1 Å². The summed E-state index contributed by atoms with van der Waals surface area (Å²) >= 11 is 0. The topological polar surface area (TPSA) is 65.2 Å². The minimum absolute atomic E-state index is 0.0570. The lowest BCUT2D eigenvalue weighted by Gasteiger charge is -2.20. The van der Waals surface area contributed by atoms with Gasteiger partial charge in [0.2, 0.25) is 0 Å². The van der Waals surface area contributed by atoms with Gasteiger partial charge in [-0.3, -0.25) is 0 Å². The molecule has 6 nitrogen and oxygen atoms in total. The molecule has 1 saturated carbocycles. The normalized spacial score (nSPS) is 22.6. The van der Waals surface area contributed by atoms with Crippen molar-refractivity contribution in [2.75, 3.05) is 0 Å². The van der Waals surface area contributed by atoms with E-state index < -0.39 is 17.1 Å². The molecule has 26 heavy (non-hydrogen) atoms. The highest BCUT2D eigenvalue weighted by molar-refractivity contribution is 5.60. The second-order valence-corrected chi connectivity index (χ2v) is 7.81. The number of hydrogen-bond acceptors (Lipinski definition) is 5. The van der Waals surface area contributed by atoms with Gasteiger partial charge in [-0.25, -0.2) is 13.8 Å². The van der Waals surface area contributed by atoms with Crippen molar-refractivity contribution < 1.29 is 13.5 Å². The molecule has 0 radical (unpaired) electrons. The van der Waals surface area contributed by atoms with Gasteiger partial charge in [-0.2, -0.15) is 9.61 Å². The van der Waals surface area contributed by atoms with E-state index in [1.54, 1.807) is 12.1 Å². The highest BCUT2D eigenvalue weighted by Gasteiger charge is 2.54. The molecule has 0 spiro atoms. The molecule has 3 aromatic heterocycles. The van der Waals surface area contributed by atoms with E-state index in [4.69, 9.17) is 4.74 Å². The second-order valence-electron chi connectivity index (χ2n) is 7.81. The summed E-state index contributed by atoms with van der Waals surface area (Å²) in [5.74, 6) is -0.467. The van der Waals surface area contributed by atoms with Gasteiger partial charge in [0.25, 0.3) is 5.88 Å². The van der Waals surface area contributed by atoms with Crippen LogP contribution in [0.15, 0.2) is 24.4 Å². The Hall–Kier alpha value is -2.64. The van der Waals surface area contributed by atoms with Gasteiger partial charge in [-0.1, -0.05) is 0 Å². The van der Waals surface area contributed by atoms with E-state index in [1.165, 1.54) is 23.7 Å². The lowest BCUT2D eigenvalue weighted by Crippen LogP contribution is -2.24. The van der Waals surface area contributed by atoms with Crippen LogP contribution in [0.4, 0.5) is 8.78 Å². The summed E-state index contributed by atoms with van der Waals surface area (Å²) < 4.78 is 35.4. The van der Waals surface area contributed by atoms with E-state index >= 15 is 0 Å². The lowest BCUT2D eigenvalue weighted by molar-refractivity contribution is 0.117. The lowest BCUT2D eigenvalue weighted by atomic mass is 10.2. The summed E-state index contributed by atoms with van der Waals surface area (Å²) in [5, 5.41) is 12.5. The first-order valence-electron chi connectivity index (χ1n) is 8.40. The molecule has 3 heterocycles. The molecule has 8 heteroatoms. The molecular weight excluding hydrogens is 340 g/mol. The number of ether oxygens (including phenoxy) is 1. The van der Waals surface area contributed by atoms with Crippen molar-refractivity contribution >= 4 is 5.65 Å². The number of rotatable bonds is 3. The molecular formula is C18H19F2N5O. The fourth-order valence-corrected chi connectivity index (χ4v) is 2.81. The maximum absolute atomic E-state index is 14.3. The van der Waals surface area contributed by atoms with Crippen LogP contribution in [0.25, 0.3) is 16.9 Å². The molecule has 2 atom stereocenters. The van der Waals surface area contributed by atoms with Crippen LogP contribution in [0.2, 0.25) is 0 Å². The Morgan fingerprint density at radius 1 is 1.27 bits per heavy atom. The molecule has 3 aromatic rings. The Bertz CT molecular complexity index is 993. The molecule has 0 aliphatic heterocycles. The van der Waals surface area contributed by atoms with Crippen molar-refractivity contribution in [3.63, 3.8) is 0 Å². The highest BCUT2D eigenvalue weighted by atomic mass is 19.1. The number of fused-ring (bicyclic) bond motifs is 1. The zero-order valence-corrected chi connectivity index (χ0v) is 15.0. The number of pyridine rings is 1. The number of halogens is 2. The molecule has 0 amide bonds. The van der Waals surface area contributed by atoms with Crippen LogP contribution < -0.4 is 4.74 Å². The average molecular weight is 359 g/mol. The number of aromatic nitrogens is 5. The fraction of sp³-hybridized carbons (Fsp3) is 0.444. The van der Waals surface area contributed by atoms with Gasteiger partial charge < -0.3 is 4.74 Å². The van der Waals surface area contributed by atoms with Gasteiger partial charge in [0, 0.05) is 11.8 Å². The van der Waals surface area contributed by atoms with Gasteiger partial charge in [0.1, 0.15) is 11.3 Å². The van der Waals surface area contributed by atoms with Gasteiger partial charge in [0.05, 0.1) is 11.6 Å². The van der Waals surface area contributed by atoms with Crippen molar-refractivity contribution in [2.24, 2.45) is 0 Å². The molecule has 136 valence electrons. The Balaban J connectivity index is 1.71. The first-order chi connectivity index (χ1) is 12.1. The largest absolute Gasteiger partial charge is 0.470 e. The minimum atomic E-state index is -1.28. The van der Waals surface area contributed by atoms with Gasteiger partial charge in [-0.05, 0) is 52.3 Å². The van der Waals surface area contributed by atoms with Crippen molar-refractivity contribution in [3.05, 3.63) is 36.0 Å². The van der Waals surface area contributed by atoms with Crippen molar-refractivity contribution in [1.29, 1.82) is 0 Å². The summed E-state index contributed by atoms with van der Waals surface area (Å²) in [6, 6.07) is 4.74. The number of nitrogens with zero attached hydrogens (tertiary/aromatic N) is 5. The molecule has 2 unspecified atom stereocenters. The first kappa shape index (κ1) is 16.8. The van der Waals surface area contributed by atoms with E-state index in [0.717, 1.165) is 0 Å². The van der Waals surface area contributed by atoms with Crippen molar-refractivity contribution in [2.45, 2.75) is 51.3 Å². The Labute approximate surface area is 149 Å².